The molecule has 6 nitrogen and oxygen atoms in total. The third kappa shape index (κ3) is 4.50. The third-order valence-corrected chi connectivity index (χ3v) is 5.17. The van der Waals surface area contributed by atoms with E-state index in [1.165, 1.54) is 0 Å². The summed E-state index contributed by atoms with van der Waals surface area (Å²) in [5, 5.41) is 0. The summed E-state index contributed by atoms with van der Waals surface area (Å²) in [6.07, 6.45) is 4.87. The number of hydrogen-bond donors (Lipinski definition) is 1. The van der Waals surface area contributed by atoms with Crippen molar-refractivity contribution in [2.45, 2.75) is 19.8 Å². The van der Waals surface area contributed by atoms with E-state index in [9.17, 15) is 13.2 Å². The van der Waals surface area contributed by atoms with E-state index < -0.39 is 10.0 Å². The number of carbonyl (C=O) groups is 1. The number of hydrogen-bond acceptors (Lipinski definition) is 4. The molecule has 0 aromatic carbocycles. The van der Waals surface area contributed by atoms with Crippen molar-refractivity contribution in [2.75, 3.05) is 25.4 Å². The minimum absolute atomic E-state index is 0.0185. The van der Waals surface area contributed by atoms with Crippen molar-refractivity contribution in [1.29, 1.82) is 0 Å². The van der Waals surface area contributed by atoms with Crippen molar-refractivity contribution in [3.63, 3.8) is 0 Å². The zero-order valence-electron chi connectivity index (χ0n) is 12.2. The van der Waals surface area contributed by atoms with Crippen molar-refractivity contribution in [2.24, 2.45) is 5.92 Å². The first kappa shape index (κ1) is 15.9. The van der Waals surface area contributed by atoms with E-state index in [0.29, 0.717) is 31.1 Å². The Bertz CT molecular complexity index is 566. The summed E-state index contributed by atoms with van der Waals surface area (Å²) < 4.78 is 25.5. The van der Waals surface area contributed by atoms with Gasteiger partial charge in [0.1, 0.15) is 0 Å². The van der Waals surface area contributed by atoms with E-state index in [4.69, 9.17) is 0 Å². The van der Waals surface area contributed by atoms with Crippen LogP contribution in [0.25, 0.3) is 0 Å². The van der Waals surface area contributed by atoms with Crippen LogP contribution in [0.5, 0.6) is 0 Å². The van der Waals surface area contributed by atoms with Gasteiger partial charge in [0.15, 0.2) is 0 Å². The van der Waals surface area contributed by atoms with Gasteiger partial charge in [-0.1, -0.05) is 0 Å². The molecule has 0 unspecified atom stereocenters. The molecular formula is C14H21N3O3S. The molecule has 0 atom stereocenters. The zero-order chi connectivity index (χ0) is 15.3. The number of rotatable bonds is 5. The molecule has 0 spiro atoms. The van der Waals surface area contributed by atoms with Crippen LogP contribution in [0.15, 0.2) is 24.5 Å². The van der Waals surface area contributed by atoms with Gasteiger partial charge in [0.2, 0.25) is 10.0 Å². The molecule has 0 aliphatic carbocycles. The van der Waals surface area contributed by atoms with Gasteiger partial charge in [-0.15, -0.1) is 0 Å². The molecule has 0 saturated carbocycles. The minimum Gasteiger partial charge on any atom is -0.339 e. The molecule has 116 valence electrons. The van der Waals surface area contributed by atoms with E-state index >= 15 is 0 Å². The smallest absolute Gasteiger partial charge is 0.253 e. The molecule has 1 amide bonds. The van der Waals surface area contributed by atoms with E-state index in [2.05, 4.69) is 9.71 Å². The first-order valence-corrected chi connectivity index (χ1v) is 8.83. The Balaban J connectivity index is 1.82. The lowest BCUT2D eigenvalue weighted by molar-refractivity contribution is 0.0692. The first-order valence-electron chi connectivity index (χ1n) is 7.18. The molecule has 7 heteroatoms. The predicted molar refractivity (Wildman–Crippen MR) is 80.3 cm³/mol. The Hall–Kier alpha value is -1.47. The van der Waals surface area contributed by atoms with Gasteiger partial charge in [-0.25, -0.2) is 13.1 Å². The summed E-state index contributed by atoms with van der Waals surface area (Å²) in [5.41, 5.74) is 0.648. The molecule has 2 heterocycles. The van der Waals surface area contributed by atoms with Crippen molar-refractivity contribution in [3.8, 4) is 0 Å². The average Bonchev–Trinajstić information content (AvgIpc) is 2.54. The standard InChI is InChI=1S/C14H21N3O3S/c1-2-21(19,20)16-11-12-5-9-17(10-6-12)14(18)13-3-7-15-8-4-13/h3-4,7-8,12,16H,2,5-6,9-11H2,1H3. The van der Waals surface area contributed by atoms with Gasteiger partial charge in [0.25, 0.3) is 5.91 Å². The molecule has 1 saturated heterocycles. The largest absolute Gasteiger partial charge is 0.339 e. The van der Waals surface area contributed by atoms with E-state index in [1.54, 1.807) is 31.5 Å². The van der Waals surface area contributed by atoms with Crippen molar-refractivity contribution < 1.29 is 13.2 Å². The number of aromatic nitrogens is 1. The first-order chi connectivity index (χ1) is 10.0. The van der Waals surface area contributed by atoms with Gasteiger partial charge < -0.3 is 4.90 Å². The monoisotopic (exact) mass is 311 g/mol. The fraction of sp³-hybridized carbons (Fsp3) is 0.571. The number of nitrogens with zero attached hydrogens (tertiary/aromatic N) is 2. The normalized spacial score (nSPS) is 16.9. The van der Waals surface area contributed by atoms with Crippen LogP contribution >= 0.6 is 0 Å². The Labute approximate surface area is 125 Å². The number of pyridine rings is 1. The second-order valence-corrected chi connectivity index (χ2v) is 7.32. The van der Waals surface area contributed by atoms with Crippen LogP contribution < -0.4 is 4.72 Å². The maximum absolute atomic E-state index is 12.3. The van der Waals surface area contributed by atoms with Crippen LogP contribution in [0, 0.1) is 5.92 Å². The van der Waals surface area contributed by atoms with Gasteiger partial charge in [0.05, 0.1) is 5.75 Å². The summed E-state index contributed by atoms with van der Waals surface area (Å²) in [6, 6.07) is 3.42. The Morgan fingerprint density at radius 3 is 2.52 bits per heavy atom. The van der Waals surface area contributed by atoms with Crippen LogP contribution in [-0.2, 0) is 10.0 Å². The number of nitrogens with one attached hydrogen (secondary N) is 1. The average molecular weight is 311 g/mol. The maximum atomic E-state index is 12.3. The second-order valence-electron chi connectivity index (χ2n) is 5.22. The van der Waals surface area contributed by atoms with Crippen LogP contribution in [0.1, 0.15) is 30.1 Å². The second kappa shape index (κ2) is 7.00. The highest BCUT2D eigenvalue weighted by atomic mass is 32.2. The van der Waals surface area contributed by atoms with E-state index in [0.717, 1.165) is 12.8 Å². The molecule has 0 radical (unpaired) electrons. The van der Waals surface area contributed by atoms with Crippen molar-refractivity contribution in [3.05, 3.63) is 30.1 Å². The number of likely N-dealkylation sites (tertiary alicyclic amines) is 1. The Kier molecular flexibility index (Phi) is 5.30. The summed E-state index contributed by atoms with van der Waals surface area (Å²) >= 11 is 0. The van der Waals surface area contributed by atoms with E-state index in [-0.39, 0.29) is 11.7 Å². The molecule has 0 bridgehead atoms. The van der Waals surface area contributed by atoms with E-state index in [1.807, 2.05) is 4.90 Å². The quantitative estimate of drug-likeness (QED) is 0.875. The number of amides is 1. The molecule has 1 aromatic rings. The van der Waals surface area contributed by atoms with Gasteiger partial charge >= 0.3 is 0 Å². The van der Waals surface area contributed by atoms with Gasteiger partial charge in [0, 0.05) is 37.6 Å². The van der Waals surface area contributed by atoms with Crippen LogP contribution in [0.4, 0.5) is 0 Å². The zero-order valence-corrected chi connectivity index (χ0v) is 13.0. The molecule has 1 fully saturated rings. The minimum atomic E-state index is -3.13. The Morgan fingerprint density at radius 2 is 1.95 bits per heavy atom. The van der Waals surface area contributed by atoms with Gasteiger partial charge in [-0.2, -0.15) is 0 Å². The maximum Gasteiger partial charge on any atom is 0.253 e. The molecule has 1 aliphatic heterocycles. The predicted octanol–water partition coefficient (Wildman–Crippen LogP) is 0.873. The summed E-state index contributed by atoms with van der Waals surface area (Å²) in [5.74, 6) is 0.421. The summed E-state index contributed by atoms with van der Waals surface area (Å²) in [7, 11) is -3.13. The molecular weight excluding hydrogens is 290 g/mol. The van der Waals surface area contributed by atoms with Crippen molar-refractivity contribution >= 4 is 15.9 Å². The highest BCUT2D eigenvalue weighted by Gasteiger charge is 2.24. The summed E-state index contributed by atoms with van der Waals surface area (Å²) in [4.78, 5) is 18.0. The van der Waals surface area contributed by atoms with Crippen molar-refractivity contribution in [1.82, 2.24) is 14.6 Å². The fourth-order valence-corrected chi connectivity index (χ4v) is 3.06. The molecule has 1 N–H and O–H groups in total. The lowest BCUT2D eigenvalue weighted by atomic mass is 9.97. The number of piperidine rings is 1. The van der Waals surface area contributed by atoms with Crippen LogP contribution in [0.3, 0.4) is 0 Å². The molecule has 1 aromatic heterocycles. The summed E-state index contributed by atoms with van der Waals surface area (Å²) in [6.45, 7) is 3.42. The van der Waals surface area contributed by atoms with Crippen LogP contribution in [-0.4, -0.2) is 49.6 Å². The lowest BCUT2D eigenvalue weighted by Gasteiger charge is -2.32. The molecule has 21 heavy (non-hydrogen) atoms. The molecule has 1 aliphatic rings. The lowest BCUT2D eigenvalue weighted by Crippen LogP contribution is -2.41. The van der Waals surface area contributed by atoms with Crippen LogP contribution in [0.2, 0.25) is 0 Å². The SMILES string of the molecule is CCS(=O)(=O)NCC1CCN(C(=O)c2ccncc2)CC1. The molecule has 2 rings (SSSR count). The highest BCUT2D eigenvalue weighted by molar-refractivity contribution is 7.89. The highest BCUT2D eigenvalue weighted by Crippen LogP contribution is 2.18. The number of carbonyl (C=O) groups excluding carboxylic acids is 1. The fourth-order valence-electron chi connectivity index (χ4n) is 2.36. The van der Waals surface area contributed by atoms with Gasteiger partial charge in [-0.05, 0) is 37.8 Å². The Morgan fingerprint density at radius 1 is 1.33 bits per heavy atom. The third-order valence-electron chi connectivity index (χ3n) is 3.80. The topological polar surface area (TPSA) is 79.4 Å². The van der Waals surface area contributed by atoms with Gasteiger partial charge in [-0.3, -0.25) is 9.78 Å². The number of sulfonamides is 1.